The van der Waals surface area contributed by atoms with Crippen molar-refractivity contribution in [3.05, 3.63) is 63.0 Å². The van der Waals surface area contributed by atoms with Crippen LogP contribution in [0.3, 0.4) is 0 Å². The highest BCUT2D eigenvalue weighted by Gasteiger charge is 2.28. The maximum absolute atomic E-state index is 12.7. The molecule has 0 amide bonds. The first-order valence-electron chi connectivity index (χ1n) is 8.42. The normalized spacial score (nSPS) is 12.7. The number of benzene rings is 1. The second-order valence-electron chi connectivity index (χ2n) is 6.73. The Hall–Kier alpha value is -2.76. The molecule has 6 nitrogen and oxygen atoms in total. The lowest BCUT2D eigenvalue weighted by atomic mass is 9.97. The average molecular weight is 341 g/mol. The van der Waals surface area contributed by atoms with Crippen LogP contribution in [0.5, 0.6) is 5.88 Å². The molecule has 2 aromatic heterocycles. The predicted molar refractivity (Wildman–Crippen MR) is 96.9 cm³/mol. The highest BCUT2D eigenvalue weighted by atomic mass is 16.5. The van der Waals surface area contributed by atoms with Gasteiger partial charge >= 0.3 is 11.4 Å². The Morgan fingerprint density at radius 3 is 2.64 bits per heavy atom. The van der Waals surface area contributed by atoms with Crippen LogP contribution in [0.25, 0.3) is 10.9 Å². The minimum Gasteiger partial charge on any atom is -0.616 e. The molecule has 0 radical (unpaired) electrons. The van der Waals surface area contributed by atoms with Crippen LogP contribution in [0.2, 0.25) is 0 Å². The second kappa shape index (κ2) is 6.63. The average Bonchev–Trinajstić information content (AvgIpc) is 3.01. The van der Waals surface area contributed by atoms with Gasteiger partial charge < -0.3 is 19.9 Å². The summed E-state index contributed by atoms with van der Waals surface area (Å²) in [5.41, 5.74) is 2.32. The molecule has 0 spiro atoms. The smallest absolute Gasteiger partial charge is 0.400 e. The Kier molecular flexibility index (Phi) is 4.53. The number of fused-ring (bicyclic) bond motifs is 1. The van der Waals surface area contributed by atoms with Crippen molar-refractivity contribution in [2.24, 2.45) is 5.92 Å². The van der Waals surface area contributed by atoms with Crippen molar-refractivity contribution in [1.29, 1.82) is 0 Å². The fourth-order valence-electron chi connectivity index (χ4n) is 3.23. The number of aromatic amines is 2. The van der Waals surface area contributed by atoms with Crippen LogP contribution in [-0.4, -0.2) is 17.1 Å². The highest BCUT2D eigenvalue weighted by molar-refractivity contribution is 5.84. The summed E-state index contributed by atoms with van der Waals surface area (Å²) in [5.74, 6) is 0.142. The molecule has 0 aliphatic heterocycles. The molecule has 0 saturated heterocycles. The van der Waals surface area contributed by atoms with E-state index in [1.165, 1.54) is 7.11 Å². The first-order chi connectivity index (χ1) is 11.9. The Labute approximate surface area is 146 Å². The molecule has 25 heavy (non-hydrogen) atoms. The van der Waals surface area contributed by atoms with E-state index in [0.717, 1.165) is 16.5 Å². The van der Waals surface area contributed by atoms with Crippen LogP contribution in [-0.2, 0) is 6.42 Å². The number of nitrogens with one attached hydrogen (secondary N) is 2. The summed E-state index contributed by atoms with van der Waals surface area (Å²) in [7, 11) is 1.45. The molecule has 2 heterocycles. The van der Waals surface area contributed by atoms with Crippen molar-refractivity contribution in [2.45, 2.75) is 33.1 Å². The number of rotatable bonds is 5. The topological polar surface area (TPSA) is 84.8 Å². The lowest BCUT2D eigenvalue weighted by molar-refractivity contribution is -0.623. The minimum absolute atomic E-state index is 0.146. The predicted octanol–water partition coefficient (Wildman–Crippen LogP) is 2.85. The van der Waals surface area contributed by atoms with Gasteiger partial charge in [0.2, 0.25) is 0 Å². The van der Waals surface area contributed by atoms with Crippen molar-refractivity contribution < 1.29 is 9.47 Å². The summed E-state index contributed by atoms with van der Waals surface area (Å²) >= 11 is 0. The molecular formula is C19H23N3O3. The summed E-state index contributed by atoms with van der Waals surface area (Å²) in [6, 6.07) is 7.93. The quantitative estimate of drug-likeness (QED) is 0.553. The molecule has 1 aromatic carbocycles. The van der Waals surface area contributed by atoms with Crippen LogP contribution < -0.4 is 15.0 Å². The van der Waals surface area contributed by atoms with E-state index in [1.54, 1.807) is 0 Å². The van der Waals surface area contributed by atoms with Crippen LogP contribution in [0, 0.1) is 11.1 Å². The van der Waals surface area contributed by atoms with E-state index in [-0.39, 0.29) is 29.0 Å². The lowest BCUT2D eigenvalue weighted by Crippen LogP contribution is -2.43. The van der Waals surface area contributed by atoms with Gasteiger partial charge in [-0.1, -0.05) is 39.0 Å². The van der Waals surface area contributed by atoms with Crippen LogP contribution in [0.1, 0.15) is 43.6 Å². The molecule has 6 heteroatoms. The third-order valence-corrected chi connectivity index (χ3v) is 4.49. The third-order valence-electron chi connectivity index (χ3n) is 4.49. The number of nitrogens with zero attached hydrogens (tertiary/aromatic N) is 1. The van der Waals surface area contributed by atoms with Crippen molar-refractivity contribution in [3.63, 3.8) is 0 Å². The molecule has 1 unspecified atom stereocenters. The Morgan fingerprint density at radius 2 is 1.96 bits per heavy atom. The molecule has 0 fully saturated rings. The van der Waals surface area contributed by atoms with E-state index in [1.807, 2.05) is 51.2 Å². The Balaban J connectivity index is 2.15. The maximum Gasteiger partial charge on any atom is 0.400 e. The van der Waals surface area contributed by atoms with Crippen molar-refractivity contribution in [3.8, 4) is 5.88 Å². The fraction of sp³-hybridized carbons (Fsp3) is 0.368. The minimum atomic E-state index is -0.355. The molecule has 132 valence electrons. The van der Waals surface area contributed by atoms with Gasteiger partial charge in [0.15, 0.2) is 0 Å². The van der Waals surface area contributed by atoms with E-state index in [0.29, 0.717) is 16.8 Å². The molecule has 0 aliphatic carbocycles. The van der Waals surface area contributed by atoms with E-state index >= 15 is 0 Å². The van der Waals surface area contributed by atoms with Gasteiger partial charge in [0.05, 0.1) is 7.11 Å². The zero-order chi connectivity index (χ0) is 18.1. The third kappa shape index (κ3) is 2.99. The van der Waals surface area contributed by atoms with Gasteiger partial charge in [0.25, 0.3) is 5.69 Å². The number of H-pyrrole nitrogens is 2. The molecule has 0 saturated carbocycles. The van der Waals surface area contributed by atoms with Crippen molar-refractivity contribution >= 4 is 10.9 Å². The van der Waals surface area contributed by atoms with Gasteiger partial charge in [-0.3, -0.25) is 4.79 Å². The first-order valence-corrected chi connectivity index (χ1v) is 8.42. The monoisotopic (exact) mass is 341 g/mol. The number of methoxy groups -OCH3 is 1. The molecular weight excluding hydrogens is 318 g/mol. The van der Waals surface area contributed by atoms with E-state index in [4.69, 9.17) is 4.74 Å². The number of para-hydroxylation sites is 1. The van der Waals surface area contributed by atoms with Crippen molar-refractivity contribution in [1.82, 2.24) is 9.97 Å². The summed E-state index contributed by atoms with van der Waals surface area (Å²) < 4.78 is 5.99. The van der Waals surface area contributed by atoms with Gasteiger partial charge in [0.1, 0.15) is 5.69 Å². The molecule has 2 N–H and O–H groups in total. The fourth-order valence-corrected chi connectivity index (χ4v) is 3.23. The largest absolute Gasteiger partial charge is 0.616 e. The zero-order valence-corrected chi connectivity index (χ0v) is 14.9. The molecule has 0 aliphatic rings. The van der Waals surface area contributed by atoms with Gasteiger partial charge in [-0.15, -0.1) is 4.73 Å². The van der Waals surface area contributed by atoms with Crippen LogP contribution in [0.15, 0.2) is 35.3 Å². The standard InChI is InChI=1S/C19H23N3O3/c1-11(2)9-16-18(23)21-17(19(25-4)22(16)24)12(3)14-10-20-15-8-6-5-7-13(14)15/h5-8,10-12,20H,9H2,1-4H3,(H,21,23). The van der Waals surface area contributed by atoms with Crippen LogP contribution in [0.4, 0.5) is 0 Å². The molecule has 1 atom stereocenters. The summed E-state index contributed by atoms with van der Waals surface area (Å²) in [4.78, 5) is 18.6. The Morgan fingerprint density at radius 1 is 1.24 bits per heavy atom. The molecule has 3 rings (SSSR count). The van der Waals surface area contributed by atoms with E-state index in [9.17, 15) is 10.0 Å². The highest BCUT2D eigenvalue weighted by Crippen LogP contribution is 2.32. The Bertz CT molecular complexity index is 956. The summed E-state index contributed by atoms with van der Waals surface area (Å²) in [6.45, 7) is 5.88. The van der Waals surface area contributed by atoms with Gasteiger partial charge in [-0.25, -0.2) is 0 Å². The van der Waals surface area contributed by atoms with Gasteiger partial charge in [-0.05, 0) is 17.5 Å². The van der Waals surface area contributed by atoms with Crippen molar-refractivity contribution in [2.75, 3.05) is 7.11 Å². The van der Waals surface area contributed by atoms with Crippen LogP contribution >= 0.6 is 0 Å². The lowest BCUT2D eigenvalue weighted by Gasteiger charge is -2.16. The number of hydrogen-bond donors (Lipinski definition) is 2. The van der Waals surface area contributed by atoms with Gasteiger partial charge in [-0.2, -0.15) is 0 Å². The molecule has 0 bridgehead atoms. The summed E-state index contributed by atoms with van der Waals surface area (Å²) in [6.07, 6.45) is 2.31. The van der Waals surface area contributed by atoms with E-state index in [2.05, 4.69) is 9.97 Å². The van der Waals surface area contributed by atoms with Gasteiger partial charge in [0, 0.05) is 29.4 Å². The number of ether oxygens (including phenoxy) is 1. The maximum atomic E-state index is 12.7. The first kappa shape index (κ1) is 17.1. The second-order valence-corrected chi connectivity index (χ2v) is 6.73. The van der Waals surface area contributed by atoms with E-state index < -0.39 is 0 Å². The zero-order valence-electron chi connectivity index (χ0n) is 14.9. The number of aromatic nitrogens is 3. The summed E-state index contributed by atoms with van der Waals surface area (Å²) in [5, 5.41) is 13.7. The molecule has 3 aromatic rings. The SMILES string of the molecule is COc1c(C(C)c2c[nH]c3ccccc23)[nH]c(=O)c(CC(C)C)[n+]1[O-]. The number of hydrogen-bond acceptors (Lipinski definition) is 3.